The summed E-state index contributed by atoms with van der Waals surface area (Å²) in [7, 11) is 0. The molecule has 2 atom stereocenters. The molecule has 1 heterocycles. The van der Waals surface area contributed by atoms with E-state index in [1.165, 1.54) is 11.4 Å². The van der Waals surface area contributed by atoms with E-state index in [1.807, 2.05) is 13.8 Å². The van der Waals surface area contributed by atoms with Crippen molar-refractivity contribution in [2.75, 3.05) is 6.61 Å². The summed E-state index contributed by atoms with van der Waals surface area (Å²) in [6.45, 7) is 3.80. The second-order valence-electron chi connectivity index (χ2n) is 4.50. The molecule has 1 aromatic rings. The Balaban J connectivity index is 2.62. The molecule has 0 saturated heterocycles. The van der Waals surface area contributed by atoms with Gasteiger partial charge in [0.2, 0.25) is 0 Å². The van der Waals surface area contributed by atoms with Gasteiger partial charge in [-0.2, -0.15) is 0 Å². The second kappa shape index (κ2) is 6.77. The minimum Gasteiger partial charge on any atom is -0.395 e. The zero-order chi connectivity index (χ0) is 13.7. The molecule has 18 heavy (non-hydrogen) atoms. The van der Waals surface area contributed by atoms with Crippen LogP contribution in [0.2, 0.25) is 0 Å². The number of rotatable bonds is 7. The Labute approximate surface area is 109 Å². The van der Waals surface area contributed by atoms with Gasteiger partial charge in [-0.3, -0.25) is 15.4 Å². The highest BCUT2D eigenvalue weighted by Crippen LogP contribution is 2.28. The highest BCUT2D eigenvalue weighted by Gasteiger charge is 2.20. The van der Waals surface area contributed by atoms with E-state index in [1.54, 1.807) is 0 Å². The monoisotopic (exact) mass is 276 g/mol. The Bertz CT molecular complexity index is 397. The van der Waals surface area contributed by atoms with Crippen LogP contribution in [-0.2, 0) is 0 Å². The van der Waals surface area contributed by atoms with E-state index in [4.69, 9.17) is 5.11 Å². The number of aliphatic hydroxyl groups is 1. The molecule has 2 N–H and O–H groups in total. The number of thiophene rings is 1. The summed E-state index contributed by atoms with van der Waals surface area (Å²) in [5, 5.41) is 23.6. The summed E-state index contributed by atoms with van der Waals surface area (Å²) < 4.78 is 13.9. The van der Waals surface area contributed by atoms with Crippen LogP contribution in [0.3, 0.4) is 0 Å². The summed E-state index contributed by atoms with van der Waals surface area (Å²) in [6.07, 6.45) is -0.843. The van der Waals surface area contributed by atoms with Gasteiger partial charge in [0.15, 0.2) is 6.30 Å². The molecule has 0 saturated carbocycles. The maximum atomic E-state index is 13.9. The van der Waals surface area contributed by atoms with Gasteiger partial charge >= 0.3 is 0 Å². The summed E-state index contributed by atoms with van der Waals surface area (Å²) in [4.78, 5) is 10.2. The van der Waals surface area contributed by atoms with E-state index in [0.717, 1.165) is 11.3 Å². The van der Waals surface area contributed by atoms with Crippen molar-refractivity contribution in [1.29, 1.82) is 0 Å². The van der Waals surface area contributed by atoms with Gasteiger partial charge in [-0.25, -0.2) is 4.39 Å². The van der Waals surface area contributed by atoms with Crippen molar-refractivity contribution in [1.82, 2.24) is 5.32 Å². The average molecular weight is 276 g/mol. The highest BCUT2D eigenvalue weighted by atomic mass is 32.1. The zero-order valence-corrected chi connectivity index (χ0v) is 11.1. The number of halogens is 1. The molecule has 5 nitrogen and oxygen atoms in total. The zero-order valence-electron chi connectivity index (χ0n) is 10.3. The van der Waals surface area contributed by atoms with Crippen molar-refractivity contribution in [2.24, 2.45) is 5.92 Å². The quantitative estimate of drug-likeness (QED) is 0.456. The smallest absolute Gasteiger partial charge is 0.280 e. The second-order valence-corrected chi connectivity index (χ2v) is 5.45. The molecule has 1 aromatic heterocycles. The summed E-state index contributed by atoms with van der Waals surface area (Å²) in [5.74, 6) is 0.333. The van der Waals surface area contributed by atoms with E-state index >= 15 is 0 Å². The third-order valence-electron chi connectivity index (χ3n) is 2.42. The number of nitrogens with one attached hydrogen (secondary N) is 1. The first-order chi connectivity index (χ1) is 8.43. The molecule has 0 aliphatic carbocycles. The van der Waals surface area contributed by atoms with Crippen LogP contribution in [0.1, 0.15) is 31.4 Å². The van der Waals surface area contributed by atoms with Crippen molar-refractivity contribution in [3.05, 3.63) is 26.4 Å². The van der Waals surface area contributed by atoms with Gasteiger partial charge in [-0.1, -0.05) is 13.8 Å². The van der Waals surface area contributed by atoms with Crippen molar-refractivity contribution >= 4 is 17.0 Å². The predicted molar refractivity (Wildman–Crippen MR) is 68.3 cm³/mol. The molecule has 7 heteroatoms. The maximum Gasteiger partial charge on any atom is 0.280 e. The van der Waals surface area contributed by atoms with E-state index in [-0.39, 0.29) is 23.2 Å². The normalized spacial score (nSPS) is 14.7. The maximum absolute atomic E-state index is 13.9. The molecule has 0 amide bonds. The van der Waals surface area contributed by atoms with E-state index in [2.05, 4.69) is 5.32 Å². The lowest BCUT2D eigenvalue weighted by Gasteiger charge is -2.20. The fourth-order valence-electron chi connectivity index (χ4n) is 1.62. The molecule has 0 spiro atoms. The lowest BCUT2D eigenvalue weighted by molar-refractivity contribution is -0.384. The number of hydrogen-bond donors (Lipinski definition) is 2. The Morgan fingerprint density at radius 3 is 2.72 bits per heavy atom. The first kappa shape index (κ1) is 15.0. The lowest BCUT2D eigenvalue weighted by Crippen LogP contribution is -2.34. The SMILES string of the molecule is CC(C)C[C@H](CO)NC(F)c1cc([N+](=O)[O-])cs1. The van der Waals surface area contributed by atoms with Crippen LogP contribution in [0.25, 0.3) is 0 Å². The largest absolute Gasteiger partial charge is 0.395 e. The molecule has 102 valence electrons. The van der Waals surface area contributed by atoms with Gasteiger partial charge in [-0.15, -0.1) is 11.3 Å². The Morgan fingerprint density at radius 2 is 2.28 bits per heavy atom. The first-order valence-corrected chi connectivity index (χ1v) is 6.55. The average Bonchev–Trinajstić information content (AvgIpc) is 2.76. The standard InChI is InChI=1S/C11H17FN2O3S/c1-7(2)3-8(5-15)13-11(12)10-4-9(6-18-10)14(16)17/h4,6-8,11,13,15H,3,5H2,1-2H3/t8-,11?/m1/s1. The van der Waals surface area contributed by atoms with Crippen molar-refractivity contribution in [2.45, 2.75) is 32.6 Å². The lowest BCUT2D eigenvalue weighted by atomic mass is 10.0. The van der Waals surface area contributed by atoms with Crippen LogP contribution in [0.5, 0.6) is 0 Å². The molecule has 0 bridgehead atoms. The van der Waals surface area contributed by atoms with Crippen LogP contribution in [0.15, 0.2) is 11.4 Å². The minimum atomic E-state index is -1.49. The fourth-order valence-corrected chi connectivity index (χ4v) is 2.41. The van der Waals surface area contributed by atoms with Crippen LogP contribution in [-0.4, -0.2) is 22.7 Å². The molecular formula is C11H17FN2O3S. The van der Waals surface area contributed by atoms with Gasteiger partial charge in [0.05, 0.1) is 21.8 Å². The van der Waals surface area contributed by atoms with Crippen molar-refractivity contribution in [3.8, 4) is 0 Å². The number of nitro groups is 1. The number of alkyl halides is 1. The summed E-state index contributed by atoms with van der Waals surface area (Å²) >= 11 is 0.997. The summed E-state index contributed by atoms with van der Waals surface area (Å²) in [6, 6.07) is 0.868. The highest BCUT2D eigenvalue weighted by molar-refractivity contribution is 7.10. The van der Waals surface area contributed by atoms with Crippen molar-refractivity contribution in [3.63, 3.8) is 0 Å². The van der Waals surface area contributed by atoms with E-state index in [0.29, 0.717) is 12.3 Å². The fraction of sp³-hybridized carbons (Fsp3) is 0.636. The molecule has 1 rings (SSSR count). The number of hydrogen-bond acceptors (Lipinski definition) is 5. The van der Waals surface area contributed by atoms with Gasteiger partial charge in [-0.05, 0) is 12.3 Å². The van der Waals surface area contributed by atoms with Gasteiger partial charge in [0.1, 0.15) is 0 Å². The van der Waals surface area contributed by atoms with Gasteiger partial charge < -0.3 is 5.11 Å². The van der Waals surface area contributed by atoms with E-state index in [9.17, 15) is 14.5 Å². The molecule has 0 aliphatic rings. The molecule has 0 radical (unpaired) electrons. The molecule has 1 unspecified atom stereocenters. The van der Waals surface area contributed by atoms with Crippen LogP contribution >= 0.6 is 11.3 Å². The number of aliphatic hydroxyl groups excluding tert-OH is 1. The Kier molecular flexibility index (Phi) is 5.64. The molecular weight excluding hydrogens is 259 g/mol. The molecule has 0 fully saturated rings. The Hall–Kier alpha value is -1.05. The molecule has 0 aliphatic heterocycles. The summed E-state index contributed by atoms with van der Waals surface area (Å²) in [5.41, 5.74) is -0.108. The van der Waals surface area contributed by atoms with Gasteiger partial charge in [0.25, 0.3) is 5.69 Å². The number of nitrogens with zero attached hydrogens (tertiary/aromatic N) is 1. The predicted octanol–water partition coefficient (Wildman–Crippen LogP) is 2.62. The Morgan fingerprint density at radius 1 is 1.61 bits per heavy atom. The van der Waals surface area contributed by atoms with Crippen molar-refractivity contribution < 1.29 is 14.4 Å². The molecule has 0 aromatic carbocycles. The van der Waals surface area contributed by atoms with Crippen LogP contribution < -0.4 is 5.32 Å². The topological polar surface area (TPSA) is 75.4 Å². The first-order valence-electron chi connectivity index (χ1n) is 5.67. The van der Waals surface area contributed by atoms with Crippen LogP contribution in [0, 0.1) is 16.0 Å². The third kappa shape index (κ3) is 4.32. The van der Waals surface area contributed by atoms with Gasteiger partial charge in [0, 0.05) is 12.1 Å². The minimum absolute atomic E-state index is 0.108. The third-order valence-corrected chi connectivity index (χ3v) is 3.38. The van der Waals surface area contributed by atoms with Crippen LogP contribution in [0.4, 0.5) is 10.1 Å². The van der Waals surface area contributed by atoms with E-state index < -0.39 is 11.2 Å².